The van der Waals surface area contributed by atoms with E-state index in [0.717, 1.165) is 48.9 Å². The van der Waals surface area contributed by atoms with Crippen molar-refractivity contribution in [3.63, 3.8) is 0 Å². The first-order chi connectivity index (χ1) is 12.0. The summed E-state index contributed by atoms with van der Waals surface area (Å²) in [6.07, 6.45) is 3.15. The summed E-state index contributed by atoms with van der Waals surface area (Å²) in [6, 6.07) is 5.69. The second kappa shape index (κ2) is 6.63. The van der Waals surface area contributed by atoms with Gasteiger partial charge in [-0.1, -0.05) is 28.9 Å². The lowest BCUT2D eigenvalue weighted by molar-refractivity contribution is -0.184. The van der Waals surface area contributed by atoms with Crippen LogP contribution in [0.2, 0.25) is 0 Å². The van der Waals surface area contributed by atoms with Crippen LogP contribution in [0.3, 0.4) is 0 Å². The molecule has 0 aromatic heterocycles. The lowest BCUT2D eigenvalue weighted by atomic mass is 9.80. The smallest absolute Gasteiger partial charge is 0.248 e. The van der Waals surface area contributed by atoms with Gasteiger partial charge in [-0.05, 0) is 37.3 Å². The van der Waals surface area contributed by atoms with Crippen LogP contribution in [0, 0.1) is 11.7 Å². The molecule has 2 saturated heterocycles. The molecule has 3 fully saturated rings. The quantitative estimate of drug-likeness (QED) is 0.766. The van der Waals surface area contributed by atoms with E-state index in [0.29, 0.717) is 18.5 Å². The molecule has 6 heteroatoms. The number of carbonyl (C=O) groups is 1. The molecule has 4 rings (SSSR count). The standard InChI is InChI=1S/C19H24BrFN2O2/c1-13-9-22(10-14-2-3-15(20)8-17(14)21)7-6-19(13)12-23(16-4-5-16)18(24)11-25-19/h2-3,8,13,16H,4-7,9-12H2,1H3. The van der Waals surface area contributed by atoms with E-state index in [1.165, 1.54) is 6.07 Å². The van der Waals surface area contributed by atoms with Crippen molar-refractivity contribution >= 4 is 21.8 Å². The van der Waals surface area contributed by atoms with Crippen molar-refractivity contribution in [2.75, 3.05) is 26.2 Å². The minimum absolute atomic E-state index is 0.139. The summed E-state index contributed by atoms with van der Waals surface area (Å²) in [5.41, 5.74) is 0.497. The first kappa shape index (κ1) is 17.4. The zero-order chi connectivity index (χ0) is 17.6. The van der Waals surface area contributed by atoms with Gasteiger partial charge in [0.1, 0.15) is 12.4 Å². The van der Waals surface area contributed by atoms with Crippen LogP contribution in [-0.2, 0) is 16.1 Å². The van der Waals surface area contributed by atoms with Crippen LogP contribution in [0.15, 0.2) is 22.7 Å². The van der Waals surface area contributed by atoms with E-state index in [4.69, 9.17) is 4.74 Å². The molecule has 1 saturated carbocycles. The number of piperidine rings is 1. The third kappa shape index (κ3) is 3.49. The van der Waals surface area contributed by atoms with Crippen molar-refractivity contribution in [2.24, 2.45) is 5.92 Å². The maximum Gasteiger partial charge on any atom is 0.248 e. The Morgan fingerprint density at radius 2 is 2.20 bits per heavy atom. The van der Waals surface area contributed by atoms with Gasteiger partial charge in [0, 0.05) is 35.7 Å². The van der Waals surface area contributed by atoms with Gasteiger partial charge in [0.05, 0.1) is 12.1 Å². The highest BCUT2D eigenvalue weighted by Crippen LogP contribution is 2.39. The first-order valence-corrected chi connectivity index (χ1v) is 9.86. The summed E-state index contributed by atoms with van der Waals surface area (Å²) < 4.78 is 21.0. The number of benzene rings is 1. The monoisotopic (exact) mass is 410 g/mol. The van der Waals surface area contributed by atoms with E-state index in [-0.39, 0.29) is 23.9 Å². The van der Waals surface area contributed by atoms with E-state index >= 15 is 0 Å². The van der Waals surface area contributed by atoms with Crippen LogP contribution in [0.1, 0.15) is 31.7 Å². The molecule has 2 unspecified atom stereocenters. The number of amides is 1. The number of carbonyl (C=O) groups excluding carboxylic acids is 1. The fourth-order valence-corrected chi connectivity index (χ4v) is 4.49. The Balaban J connectivity index is 1.42. The predicted molar refractivity (Wildman–Crippen MR) is 96.6 cm³/mol. The number of morpholine rings is 1. The maximum absolute atomic E-state index is 14.1. The van der Waals surface area contributed by atoms with Crippen LogP contribution in [0.25, 0.3) is 0 Å². The third-order valence-corrected chi connectivity index (χ3v) is 6.41. The van der Waals surface area contributed by atoms with Gasteiger partial charge in [-0.15, -0.1) is 0 Å². The highest BCUT2D eigenvalue weighted by molar-refractivity contribution is 9.10. The molecule has 0 radical (unpaired) electrons. The van der Waals surface area contributed by atoms with Crippen LogP contribution >= 0.6 is 15.9 Å². The topological polar surface area (TPSA) is 32.8 Å². The van der Waals surface area contributed by atoms with Crippen LogP contribution < -0.4 is 0 Å². The molecule has 0 N–H and O–H groups in total. The molecule has 1 amide bonds. The summed E-state index contributed by atoms with van der Waals surface area (Å²) >= 11 is 3.30. The fraction of sp³-hybridized carbons (Fsp3) is 0.632. The zero-order valence-corrected chi connectivity index (χ0v) is 16.1. The summed E-state index contributed by atoms with van der Waals surface area (Å²) in [4.78, 5) is 16.5. The van der Waals surface area contributed by atoms with Gasteiger partial charge in [0.15, 0.2) is 0 Å². The second-order valence-electron chi connectivity index (χ2n) is 7.73. The average Bonchev–Trinajstić information content (AvgIpc) is 3.41. The molecule has 1 aliphatic carbocycles. The lowest BCUT2D eigenvalue weighted by Gasteiger charge is -2.51. The number of likely N-dealkylation sites (tertiary alicyclic amines) is 1. The molecule has 2 heterocycles. The molecule has 2 atom stereocenters. The van der Waals surface area contributed by atoms with Crippen LogP contribution in [0.5, 0.6) is 0 Å². The van der Waals surface area contributed by atoms with Gasteiger partial charge in [-0.25, -0.2) is 4.39 Å². The molecule has 1 aromatic rings. The third-order valence-electron chi connectivity index (χ3n) is 5.92. The van der Waals surface area contributed by atoms with Gasteiger partial charge in [-0.3, -0.25) is 9.69 Å². The molecule has 0 bridgehead atoms. The summed E-state index contributed by atoms with van der Waals surface area (Å²) in [5, 5.41) is 0. The van der Waals surface area contributed by atoms with Crippen molar-refractivity contribution in [3.05, 3.63) is 34.1 Å². The molecule has 136 valence electrons. The van der Waals surface area contributed by atoms with Crippen molar-refractivity contribution in [1.82, 2.24) is 9.80 Å². The van der Waals surface area contributed by atoms with E-state index < -0.39 is 0 Å². The molecule has 1 aromatic carbocycles. The molecule has 2 aliphatic heterocycles. The van der Waals surface area contributed by atoms with Gasteiger partial charge in [0.2, 0.25) is 5.91 Å². The van der Waals surface area contributed by atoms with Crippen LogP contribution in [0.4, 0.5) is 4.39 Å². The van der Waals surface area contributed by atoms with E-state index in [2.05, 4.69) is 27.8 Å². The number of hydrogen-bond donors (Lipinski definition) is 0. The molecule has 1 spiro atoms. The Labute approximate surface area is 156 Å². The van der Waals surface area contributed by atoms with Crippen molar-refractivity contribution < 1.29 is 13.9 Å². The molecular weight excluding hydrogens is 387 g/mol. The van der Waals surface area contributed by atoms with Crippen molar-refractivity contribution in [2.45, 2.75) is 44.4 Å². The highest BCUT2D eigenvalue weighted by Gasteiger charge is 2.49. The highest BCUT2D eigenvalue weighted by atomic mass is 79.9. The van der Waals surface area contributed by atoms with Crippen molar-refractivity contribution in [1.29, 1.82) is 0 Å². The molecule has 25 heavy (non-hydrogen) atoms. The Morgan fingerprint density at radius 3 is 2.88 bits per heavy atom. The maximum atomic E-state index is 14.1. The average molecular weight is 411 g/mol. The lowest BCUT2D eigenvalue weighted by Crippen LogP contribution is -2.62. The van der Waals surface area contributed by atoms with Gasteiger partial charge >= 0.3 is 0 Å². The molecule has 4 nitrogen and oxygen atoms in total. The summed E-state index contributed by atoms with van der Waals surface area (Å²) in [7, 11) is 0. The zero-order valence-electron chi connectivity index (χ0n) is 14.5. The van der Waals surface area contributed by atoms with E-state index in [1.54, 1.807) is 0 Å². The minimum Gasteiger partial charge on any atom is -0.363 e. The van der Waals surface area contributed by atoms with Gasteiger partial charge < -0.3 is 9.64 Å². The normalized spacial score (nSPS) is 30.9. The van der Waals surface area contributed by atoms with E-state index in [9.17, 15) is 9.18 Å². The Hall–Kier alpha value is -0.980. The summed E-state index contributed by atoms with van der Waals surface area (Å²) in [5.74, 6) is 0.288. The second-order valence-corrected chi connectivity index (χ2v) is 8.64. The number of ether oxygens (including phenoxy) is 1. The Kier molecular flexibility index (Phi) is 4.63. The van der Waals surface area contributed by atoms with Gasteiger partial charge in [0.25, 0.3) is 0 Å². The number of halogens is 2. The SMILES string of the molecule is CC1CN(Cc2ccc(Br)cc2F)CCC12CN(C1CC1)C(=O)CO2. The largest absolute Gasteiger partial charge is 0.363 e. The first-order valence-electron chi connectivity index (χ1n) is 9.06. The minimum atomic E-state index is -0.231. The van der Waals surface area contributed by atoms with Crippen molar-refractivity contribution in [3.8, 4) is 0 Å². The number of hydrogen-bond acceptors (Lipinski definition) is 3. The van der Waals surface area contributed by atoms with Gasteiger partial charge in [-0.2, -0.15) is 0 Å². The number of rotatable bonds is 3. The fourth-order valence-electron chi connectivity index (χ4n) is 4.15. The summed E-state index contributed by atoms with van der Waals surface area (Å²) in [6.45, 7) is 5.48. The Morgan fingerprint density at radius 1 is 1.40 bits per heavy atom. The predicted octanol–water partition coefficient (Wildman–Crippen LogP) is 3.19. The Bertz CT molecular complexity index is 681. The van der Waals surface area contributed by atoms with E-state index in [1.807, 2.05) is 17.0 Å². The molecule has 3 aliphatic rings. The molecular formula is C19H24BrFN2O2. The van der Waals surface area contributed by atoms with Crippen LogP contribution in [-0.4, -0.2) is 53.6 Å². The number of nitrogens with zero attached hydrogens (tertiary/aromatic N) is 2.